The van der Waals surface area contributed by atoms with Crippen LogP contribution >= 0.6 is 0 Å². The standard InChI is InChI=1S/C24H25N3O3/c1-3-30-24(29)21-16-25-27(17(21)2)20-13-11-19(12-14-20)23(28)26-15-7-6-9-18-8-4-5-10-22(18)26/h4-5,8,10-14,16H,3,6-7,9,15H2,1-2H3. The summed E-state index contributed by atoms with van der Waals surface area (Å²) in [6, 6.07) is 15.5. The highest BCUT2D eigenvalue weighted by atomic mass is 16.5. The van der Waals surface area contributed by atoms with Crippen LogP contribution in [-0.2, 0) is 11.2 Å². The van der Waals surface area contributed by atoms with Crippen LogP contribution in [0, 0.1) is 6.92 Å². The maximum atomic E-state index is 13.2. The molecule has 0 unspecified atom stereocenters. The molecule has 1 amide bonds. The summed E-state index contributed by atoms with van der Waals surface area (Å²) in [6.45, 7) is 4.64. The Kier molecular flexibility index (Phi) is 5.65. The molecule has 0 spiro atoms. The molecule has 0 bridgehead atoms. The summed E-state index contributed by atoms with van der Waals surface area (Å²) in [5.74, 6) is -0.381. The van der Waals surface area contributed by atoms with Crippen molar-refractivity contribution >= 4 is 17.6 Å². The zero-order valence-corrected chi connectivity index (χ0v) is 17.3. The van der Waals surface area contributed by atoms with E-state index in [0.29, 0.717) is 23.4 Å². The molecular formula is C24H25N3O3. The number of ether oxygens (including phenoxy) is 1. The maximum absolute atomic E-state index is 13.2. The molecule has 154 valence electrons. The van der Waals surface area contributed by atoms with E-state index in [2.05, 4.69) is 11.2 Å². The van der Waals surface area contributed by atoms with Crippen molar-refractivity contribution in [1.29, 1.82) is 0 Å². The van der Waals surface area contributed by atoms with Gasteiger partial charge in [0.1, 0.15) is 5.56 Å². The monoisotopic (exact) mass is 403 g/mol. The van der Waals surface area contributed by atoms with E-state index in [1.165, 1.54) is 11.8 Å². The van der Waals surface area contributed by atoms with E-state index in [4.69, 9.17) is 4.74 Å². The number of nitrogens with zero attached hydrogens (tertiary/aromatic N) is 3. The zero-order valence-electron chi connectivity index (χ0n) is 17.3. The van der Waals surface area contributed by atoms with Crippen molar-refractivity contribution in [1.82, 2.24) is 9.78 Å². The number of aromatic nitrogens is 2. The van der Waals surface area contributed by atoms with E-state index in [9.17, 15) is 9.59 Å². The lowest BCUT2D eigenvalue weighted by molar-refractivity contribution is 0.0525. The Hall–Kier alpha value is -3.41. The minimum Gasteiger partial charge on any atom is -0.462 e. The topological polar surface area (TPSA) is 64.4 Å². The molecule has 30 heavy (non-hydrogen) atoms. The van der Waals surface area contributed by atoms with Gasteiger partial charge in [-0.25, -0.2) is 9.48 Å². The lowest BCUT2D eigenvalue weighted by atomic mass is 10.1. The second-order valence-electron chi connectivity index (χ2n) is 7.37. The second-order valence-corrected chi connectivity index (χ2v) is 7.37. The maximum Gasteiger partial charge on any atom is 0.341 e. The number of hydrogen-bond donors (Lipinski definition) is 0. The lowest BCUT2D eigenvalue weighted by Gasteiger charge is -2.23. The van der Waals surface area contributed by atoms with Gasteiger partial charge in [-0.3, -0.25) is 4.79 Å². The fraction of sp³-hybridized carbons (Fsp3) is 0.292. The molecule has 0 saturated carbocycles. The van der Waals surface area contributed by atoms with Crippen LogP contribution in [0.5, 0.6) is 0 Å². The molecule has 6 heteroatoms. The van der Waals surface area contributed by atoms with Crippen LogP contribution < -0.4 is 4.90 Å². The predicted molar refractivity (Wildman–Crippen MR) is 115 cm³/mol. The van der Waals surface area contributed by atoms with E-state index in [1.54, 1.807) is 11.6 Å². The summed E-state index contributed by atoms with van der Waals surface area (Å²) in [7, 11) is 0. The van der Waals surface area contributed by atoms with E-state index < -0.39 is 0 Å². The van der Waals surface area contributed by atoms with Crippen molar-refractivity contribution in [3.63, 3.8) is 0 Å². The number of hydrogen-bond acceptors (Lipinski definition) is 4. The quantitative estimate of drug-likeness (QED) is 0.608. The molecule has 4 rings (SSSR count). The summed E-state index contributed by atoms with van der Waals surface area (Å²) in [6.07, 6.45) is 4.59. The van der Waals surface area contributed by atoms with Gasteiger partial charge in [-0.05, 0) is 69.0 Å². The molecule has 0 fully saturated rings. The van der Waals surface area contributed by atoms with Crippen LogP contribution in [0.2, 0.25) is 0 Å². The van der Waals surface area contributed by atoms with Gasteiger partial charge in [-0.1, -0.05) is 18.2 Å². The third-order valence-electron chi connectivity index (χ3n) is 5.47. The smallest absolute Gasteiger partial charge is 0.341 e. The number of amides is 1. The molecule has 1 aliphatic heterocycles. The summed E-state index contributed by atoms with van der Waals surface area (Å²) in [5, 5.41) is 4.32. The number of anilines is 1. The Labute approximate surface area is 176 Å². The first-order valence-corrected chi connectivity index (χ1v) is 10.3. The molecule has 0 radical (unpaired) electrons. The van der Waals surface area contributed by atoms with Gasteiger partial charge < -0.3 is 9.64 Å². The summed E-state index contributed by atoms with van der Waals surface area (Å²) in [5.41, 5.74) is 4.79. The minimum absolute atomic E-state index is 0.000278. The van der Waals surface area contributed by atoms with Gasteiger partial charge in [0.25, 0.3) is 5.91 Å². The second kappa shape index (κ2) is 8.53. The van der Waals surface area contributed by atoms with Gasteiger partial charge in [0.2, 0.25) is 0 Å². The summed E-state index contributed by atoms with van der Waals surface area (Å²) in [4.78, 5) is 27.2. The first-order valence-electron chi connectivity index (χ1n) is 10.3. The fourth-order valence-corrected chi connectivity index (χ4v) is 3.88. The highest BCUT2D eigenvalue weighted by Gasteiger charge is 2.22. The highest BCUT2D eigenvalue weighted by Crippen LogP contribution is 2.27. The van der Waals surface area contributed by atoms with Crippen molar-refractivity contribution in [2.75, 3.05) is 18.1 Å². The number of aryl methyl sites for hydroxylation is 1. The number of benzene rings is 2. The Bertz CT molecular complexity index is 1070. The van der Waals surface area contributed by atoms with Crippen molar-refractivity contribution in [2.24, 2.45) is 0 Å². The number of para-hydroxylation sites is 1. The number of carbonyl (C=O) groups is 2. The van der Waals surface area contributed by atoms with Gasteiger partial charge in [-0.2, -0.15) is 5.10 Å². The average Bonchev–Trinajstić information content (AvgIpc) is 3.02. The molecule has 3 aromatic rings. The molecule has 0 saturated heterocycles. The molecule has 2 aromatic carbocycles. The normalized spacial score (nSPS) is 13.5. The van der Waals surface area contributed by atoms with Crippen molar-refractivity contribution < 1.29 is 14.3 Å². The van der Waals surface area contributed by atoms with E-state index >= 15 is 0 Å². The summed E-state index contributed by atoms with van der Waals surface area (Å²) >= 11 is 0. The Morgan fingerprint density at radius 2 is 1.83 bits per heavy atom. The van der Waals surface area contributed by atoms with Crippen molar-refractivity contribution in [3.05, 3.63) is 77.1 Å². The lowest BCUT2D eigenvalue weighted by Crippen LogP contribution is -2.31. The SMILES string of the molecule is CCOC(=O)c1cnn(-c2ccc(C(=O)N3CCCCc4ccccc43)cc2)c1C. The van der Waals surface area contributed by atoms with Gasteiger partial charge in [0.05, 0.1) is 24.2 Å². The van der Waals surface area contributed by atoms with Gasteiger partial charge >= 0.3 is 5.97 Å². The molecule has 0 aliphatic carbocycles. The molecular weight excluding hydrogens is 378 g/mol. The molecule has 2 heterocycles. The van der Waals surface area contributed by atoms with Crippen molar-refractivity contribution in [3.8, 4) is 5.69 Å². The van der Waals surface area contributed by atoms with Gasteiger partial charge in [0, 0.05) is 17.8 Å². The third-order valence-corrected chi connectivity index (χ3v) is 5.47. The first-order chi connectivity index (χ1) is 14.6. The van der Waals surface area contributed by atoms with Crippen molar-refractivity contribution in [2.45, 2.75) is 33.1 Å². The minimum atomic E-state index is -0.382. The Morgan fingerprint density at radius 1 is 1.07 bits per heavy atom. The third kappa shape index (κ3) is 3.73. The zero-order chi connectivity index (χ0) is 21.1. The van der Waals surface area contributed by atoms with Crippen LogP contribution in [-0.4, -0.2) is 34.8 Å². The first kappa shape index (κ1) is 19.9. The molecule has 1 aliphatic rings. The van der Waals surface area contributed by atoms with Gasteiger partial charge in [0.15, 0.2) is 0 Å². The van der Waals surface area contributed by atoms with E-state index in [0.717, 1.165) is 37.2 Å². The fourth-order valence-electron chi connectivity index (χ4n) is 3.88. The number of rotatable bonds is 4. The van der Waals surface area contributed by atoms with E-state index in [-0.39, 0.29) is 11.9 Å². The largest absolute Gasteiger partial charge is 0.462 e. The number of esters is 1. The highest BCUT2D eigenvalue weighted by molar-refractivity contribution is 6.06. The Morgan fingerprint density at radius 3 is 2.60 bits per heavy atom. The van der Waals surface area contributed by atoms with Crippen LogP contribution in [0.4, 0.5) is 5.69 Å². The predicted octanol–water partition coefficient (Wildman–Crippen LogP) is 4.34. The van der Waals surface area contributed by atoms with Crippen LogP contribution in [0.3, 0.4) is 0 Å². The van der Waals surface area contributed by atoms with Gasteiger partial charge in [-0.15, -0.1) is 0 Å². The van der Waals surface area contributed by atoms with Crippen LogP contribution in [0.1, 0.15) is 51.7 Å². The number of fused-ring (bicyclic) bond motifs is 1. The molecule has 0 atom stereocenters. The van der Waals surface area contributed by atoms with Crippen LogP contribution in [0.15, 0.2) is 54.7 Å². The molecule has 0 N–H and O–H groups in total. The summed E-state index contributed by atoms with van der Waals surface area (Å²) < 4.78 is 6.75. The Balaban J connectivity index is 1.59. The molecule has 1 aromatic heterocycles. The average molecular weight is 403 g/mol. The van der Waals surface area contributed by atoms with Crippen LogP contribution in [0.25, 0.3) is 5.69 Å². The number of carbonyl (C=O) groups excluding carboxylic acids is 2. The van der Waals surface area contributed by atoms with E-state index in [1.807, 2.05) is 54.3 Å². The molecule has 6 nitrogen and oxygen atoms in total.